The molecule has 0 radical (unpaired) electrons. The highest BCUT2D eigenvalue weighted by Gasteiger charge is 2.27. The molecule has 94 valence electrons. The highest BCUT2D eigenvalue weighted by atomic mass is 32.1. The van der Waals surface area contributed by atoms with Crippen LogP contribution in [0.1, 0.15) is 19.3 Å². The van der Waals surface area contributed by atoms with E-state index in [0.717, 1.165) is 35.2 Å². The minimum absolute atomic E-state index is 0.0612. The number of thiazole rings is 1. The van der Waals surface area contributed by atoms with E-state index in [2.05, 4.69) is 10.3 Å². The molecule has 3 rings (SSSR count). The lowest BCUT2D eigenvalue weighted by Gasteiger charge is -2.10. The molecule has 0 saturated heterocycles. The molecule has 18 heavy (non-hydrogen) atoms. The van der Waals surface area contributed by atoms with Crippen LogP contribution in [0, 0.1) is 5.92 Å². The van der Waals surface area contributed by atoms with Crippen molar-refractivity contribution in [3.05, 3.63) is 23.7 Å². The summed E-state index contributed by atoms with van der Waals surface area (Å²) >= 11 is 1.60. The Labute approximate surface area is 109 Å². The second-order valence-electron chi connectivity index (χ2n) is 4.79. The van der Waals surface area contributed by atoms with Crippen molar-refractivity contribution < 1.29 is 4.79 Å². The number of nitrogens with one attached hydrogen (secondary N) is 1. The zero-order valence-electron chi connectivity index (χ0n) is 9.93. The molecule has 1 aromatic carbocycles. The predicted molar refractivity (Wildman–Crippen MR) is 73.6 cm³/mol. The highest BCUT2D eigenvalue weighted by Crippen LogP contribution is 2.26. The first kappa shape index (κ1) is 11.6. The average molecular weight is 261 g/mol. The van der Waals surface area contributed by atoms with Crippen LogP contribution in [0.4, 0.5) is 5.69 Å². The molecule has 1 aliphatic rings. The highest BCUT2D eigenvalue weighted by molar-refractivity contribution is 7.16. The number of nitrogens with zero attached hydrogens (tertiary/aromatic N) is 1. The first-order chi connectivity index (χ1) is 8.72. The molecule has 1 amide bonds. The summed E-state index contributed by atoms with van der Waals surface area (Å²) in [6, 6.07) is 6.01. The third-order valence-electron chi connectivity index (χ3n) is 3.44. The molecule has 1 aliphatic carbocycles. The van der Waals surface area contributed by atoms with Crippen molar-refractivity contribution in [3.8, 4) is 0 Å². The summed E-state index contributed by atoms with van der Waals surface area (Å²) in [5.41, 5.74) is 9.39. The molecule has 1 heterocycles. The van der Waals surface area contributed by atoms with Crippen LogP contribution >= 0.6 is 11.3 Å². The van der Waals surface area contributed by atoms with Crippen molar-refractivity contribution in [2.24, 2.45) is 11.7 Å². The first-order valence-corrected chi connectivity index (χ1v) is 7.00. The van der Waals surface area contributed by atoms with E-state index in [1.54, 1.807) is 11.3 Å². The fourth-order valence-electron chi connectivity index (χ4n) is 2.43. The van der Waals surface area contributed by atoms with Crippen LogP contribution in [0.5, 0.6) is 0 Å². The second-order valence-corrected chi connectivity index (χ2v) is 5.68. The summed E-state index contributed by atoms with van der Waals surface area (Å²) in [6.45, 7) is 0. The lowest BCUT2D eigenvalue weighted by atomic mass is 10.1. The zero-order chi connectivity index (χ0) is 12.5. The number of nitrogens with two attached hydrogens (primary N) is 1. The molecule has 1 fully saturated rings. The molecule has 0 bridgehead atoms. The maximum atomic E-state index is 12.1. The fourth-order valence-corrected chi connectivity index (χ4v) is 3.09. The number of benzene rings is 1. The lowest BCUT2D eigenvalue weighted by Crippen LogP contribution is -2.23. The van der Waals surface area contributed by atoms with Crippen LogP contribution in [-0.2, 0) is 4.79 Å². The SMILES string of the molecule is NC1CCC(C(=O)Nc2ccc3scnc3c2)C1. The minimum atomic E-state index is 0.0612. The number of amides is 1. The van der Waals surface area contributed by atoms with Gasteiger partial charge in [0.15, 0.2) is 0 Å². The van der Waals surface area contributed by atoms with E-state index in [-0.39, 0.29) is 17.9 Å². The number of carbonyl (C=O) groups is 1. The Morgan fingerprint density at radius 1 is 1.44 bits per heavy atom. The maximum absolute atomic E-state index is 12.1. The van der Waals surface area contributed by atoms with Gasteiger partial charge in [-0.05, 0) is 37.5 Å². The number of hydrogen-bond acceptors (Lipinski definition) is 4. The standard InChI is InChI=1S/C13H15N3OS/c14-9-2-1-8(5-9)13(17)16-10-3-4-12-11(6-10)15-7-18-12/h3-4,6-9H,1-2,5,14H2,(H,16,17). The second kappa shape index (κ2) is 4.66. The van der Waals surface area contributed by atoms with Gasteiger partial charge in [0.1, 0.15) is 0 Å². The van der Waals surface area contributed by atoms with Crippen molar-refractivity contribution in [2.45, 2.75) is 25.3 Å². The van der Waals surface area contributed by atoms with Gasteiger partial charge in [0.05, 0.1) is 15.7 Å². The Balaban J connectivity index is 1.73. The largest absolute Gasteiger partial charge is 0.328 e. The van der Waals surface area contributed by atoms with Gasteiger partial charge in [-0.3, -0.25) is 4.79 Å². The van der Waals surface area contributed by atoms with Gasteiger partial charge >= 0.3 is 0 Å². The first-order valence-electron chi connectivity index (χ1n) is 6.12. The number of rotatable bonds is 2. The van der Waals surface area contributed by atoms with Crippen LogP contribution in [0.2, 0.25) is 0 Å². The molecule has 1 aromatic heterocycles. The van der Waals surface area contributed by atoms with Gasteiger partial charge in [0.25, 0.3) is 0 Å². The normalized spacial score (nSPS) is 23.4. The van der Waals surface area contributed by atoms with E-state index in [1.807, 2.05) is 23.7 Å². The minimum Gasteiger partial charge on any atom is -0.328 e. The Morgan fingerprint density at radius 2 is 2.33 bits per heavy atom. The van der Waals surface area contributed by atoms with E-state index in [4.69, 9.17) is 5.73 Å². The van der Waals surface area contributed by atoms with Gasteiger partial charge in [0.2, 0.25) is 5.91 Å². The van der Waals surface area contributed by atoms with Gasteiger partial charge in [-0.25, -0.2) is 4.98 Å². The number of anilines is 1. The van der Waals surface area contributed by atoms with Gasteiger partial charge in [-0.2, -0.15) is 0 Å². The van der Waals surface area contributed by atoms with Crippen molar-refractivity contribution in [1.29, 1.82) is 0 Å². The monoisotopic (exact) mass is 261 g/mol. The van der Waals surface area contributed by atoms with E-state index < -0.39 is 0 Å². The van der Waals surface area contributed by atoms with E-state index in [9.17, 15) is 4.79 Å². The third-order valence-corrected chi connectivity index (χ3v) is 4.25. The Morgan fingerprint density at radius 3 is 3.11 bits per heavy atom. The number of aromatic nitrogens is 1. The van der Waals surface area contributed by atoms with Crippen molar-refractivity contribution in [2.75, 3.05) is 5.32 Å². The smallest absolute Gasteiger partial charge is 0.227 e. The maximum Gasteiger partial charge on any atom is 0.227 e. The Bertz CT molecular complexity index is 580. The zero-order valence-corrected chi connectivity index (χ0v) is 10.7. The van der Waals surface area contributed by atoms with Crippen molar-refractivity contribution in [3.63, 3.8) is 0 Å². The molecule has 0 spiro atoms. The molecule has 3 N–H and O–H groups in total. The van der Waals surface area contributed by atoms with E-state index >= 15 is 0 Å². The molecule has 2 atom stereocenters. The van der Waals surface area contributed by atoms with Crippen LogP contribution in [0.3, 0.4) is 0 Å². The van der Waals surface area contributed by atoms with Gasteiger partial charge in [-0.1, -0.05) is 0 Å². The van der Waals surface area contributed by atoms with Crippen LogP contribution in [0.25, 0.3) is 10.2 Å². The summed E-state index contributed by atoms with van der Waals surface area (Å²) in [7, 11) is 0. The van der Waals surface area contributed by atoms with Crippen molar-refractivity contribution >= 4 is 33.1 Å². The number of carbonyl (C=O) groups excluding carboxylic acids is 1. The summed E-state index contributed by atoms with van der Waals surface area (Å²) in [6.07, 6.45) is 2.64. The van der Waals surface area contributed by atoms with Crippen LogP contribution in [-0.4, -0.2) is 16.9 Å². The molecule has 0 aliphatic heterocycles. The van der Waals surface area contributed by atoms with Crippen LogP contribution < -0.4 is 11.1 Å². The fraction of sp³-hybridized carbons (Fsp3) is 0.385. The number of hydrogen-bond donors (Lipinski definition) is 2. The number of fused-ring (bicyclic) bond motifs is 1. The molecule has 2 aromatic rings. The van der Waals surface area contributed by atoms with Gasteiger partial charge < -0.3 is 11.1 Å². The summed E-state index contributed by atoms with van der Waals surface area (Å²) < 4.78 is 1.14. The van der Waals surface area contributed by atoms with E-state index in [0.29, 0.717) is 0 Å². The molecule has 2 unspecified atom stereocenters. The third kappa shape index (κ3) is 2.23. The van der Waals surface area contributed by atoms with Gasteiger partial charge in [0, 0.05) is 17.6 Å². The summed E-state index contributed by atoms with van der Waals surface area (Å²) in [5, 5.41) is 2.96. The topological polar surface area (TPSA) is 68.0 Å². The molecule has 1 saturated carbocycles. The molecular formula is C13H15N3OS. The lowest BCUT2D eigenvalue weighted by molar-refractivity contribution is -0.119. The molecule has 5 heteroatoms. The summed E-state index contributed by atoms with van der Waals surface area (Å²) in [5.74, 6) is 0.142. The molecular weight excluding hydrogens is 246 g/mol. The van der Waals surface area contributed by atoms with Gasteiger partial charge in [-0.15, -0.1) is 11.3 Å². The van der Waals surface area contributed by atoms with Crippen molar-refractivity contribution in [1.82, 2.24) is 4.98 Å². The Kier molecular flexibility index (Phi) is 3.01. The quantitative estimate of drug-likeness (QED) is 0.872. The van der Waals surface area contributed by atoms with Crippen LogP contribution in [0.15, 0.2) is 23.7 Å². The van der Waals surface area contributed by atoms with E-state index in [1.165, 1.54) is 0 Å². The summed E-state index contributed by atoms with van der Waals surface area (Å²) in [4.78, 5) is 16.3. The Hall–Kier alpha value is -1.46. The average Bonchev–Trinajstić information content (AvgIpc) is 2.96. The predicted octanol–water partition coefficient (Wildman–Crippen LogP) is 2.36. The molecule has 4 nitrogen and oxygen atoms in total.